The lowest BCUT2D eigenvalue weighted by Crippen LogP contribution is -2.14. The fourth-order valence-corrected chi connectivity index (χ4v) is 4.21. The number of benzene rings is 2. The highest BCUT2D eigenvalue weighted by Crippen LogP contribution is 2.21. The molecule has 0 aliphatic heterocycles. The predicted octanol–water partition coefficient (Wildman–Crippen LogP) is 3.79. The van der Waals surface area contributed by atoms with Gasteiger partial charge >= 0.3 is 5.69 Å². The normalized spacial score (nSPS) is 11.2. The van der Waals surface area contributed by atoms with Crippen LogP contribution in [0, 0.1) is 17.0 Å². The Labute approximate surface area is 194 Å². The van der Waals surface area contributed by atoms with Crippen molar-refractivity contribution in [3.63, 3.8) is 0 Å². The molecule has 11 nitrogen and oxygen atoms in total. The van der Waals surface area contributed by atoms with E-state index in [9.17, 15) is 23.3 Å². The second-order valence-electron chi connectivity index (χ2n) is 7.32. The van der Waals surface area contributed by atoms with Gasteiger partial charge in [0.1, 0.15) is 18.2 Å². The lowest BCUT2D eigenvalue weighted by molar-refractivity contribution is -0.385. The maximum Gasteiger partial charge on any atom is 0.307 e. The molecular weight excluding hydrogens is 462 g/mol. The van der Waals surface area contributed by atoms with Gasteiger partial charge in [0.2, 0.25) is 0 Å². The SMILES string of the molecule is Cc1ccccc1NS(=O)(=O)c1ccc(NC(=O)c2ccc(Cn3cc([N+](=O)[O-])cn3)o2)cc1. The van der Waals surface area contributed by atoms with E-state index in [1.54, 1.807) is 31.2 Å². The maximum atomic E-state index is 12.6. The quantitative estimate of drug-likeness (QED) is 0.287. The smallest absolute Gasteiger partial charge is 0.307 e. The number of nitrogens with one attached hydrogen (secondary N) is 2. The molecule has 174 valence electrons. The molecule has 4 aromatic rings. The van der Waals surface area contributed by atoms with Crippen LogP contribution in [-0.4, -0.2) is 29.0 Å². The highest BCUT2D eigenvalue weighted by Gasteiger charge is 2.17. The molecule has 2 heterocycles. The molecule has 0 spiro atoms. The van der Waals surface area contributed by atoms with Crippen LogP contribution in [0.15, 0.2) is 82.4 Å². The summed E-state index contributed by atoms with van der Waals surface area (Å²) < 4.78 is 34.7. The zero-order valence-electron chi connectivity index (χ0n) is 17.8. The minimum Gasteiger partial charge on any atom is -0.454 e. The van der Waals surface area contributed by atoms with Gasteiger partial charge in [-0.1, -0.05) is 18.2 Å². The molecule has 2 aromatic carbocycles. The van der Waals surface area contributed by atoms with Crippen molar-refractivity contribution in [2.45, 2.75) is 18.4 Å². The van der Waals surface area contributed by atoms with E-state index >= 15 is 0 Å². The van der Waals surface area contributed by atoms with Crippen LogP contribution >= 0.6 is 0 Å². The molecule has 0 aliphatic rings. The van der Waals surface area contributed by atoms with Crippen LogP contribution in [0.2, 0.25) is 0 Å². The summed E-state index contributed by atoms with van der Waals surface area (Å²) in [5.74, 6) is -0.132. The third-order valence-corrected chi connectivity index (χ3v) is 6.23. The van der Waals surface area contributed by atoms with Crippen molar-refractivity contribution in [1.29, 1.82) is 0 Å². The van der Waals surface area contributed by atoms with Crippen LogP contribution in [0.3, 0.4) is 0 Å². The Morgan fingerprint density at radius 3 is 2.53 bits per heavy atom. The summed E-state index contributed by atoms with van der Waals surface area (Å²) in [6.45, 7) is 1.91. The second-order valence-corrected chi connectivity index (χ2v) is 9.00. The van der Waals surface area contributed by atoms with Gasteiger partial charge in [0.25, 0.3) is 15.9 Å². The summed E-state index contributed by atoms with van der Waals surface area (Å²) in [5, 5.41) is 17.3. The topological polar surface area (TPSA) is 149 Å². The number of nitrogens with zero attached hydrogens (tertiary/aromatic N) is 3. The van der Waals surface area contributed by atoms with Gasteiger partial charge in [0, 0.05) is 5.69 Å². The van der Waals surface area contributed by atoms with Gasteiger partial charge in [-0.05, 0) is 55.0 Å². The number of aromatic nitrogens is 2. The Hall–Kier alpha value is -4.45. The Balaban J connectivity index is 1.40. The lowest BCUT2D eigenvalue weighted by Gasteiger charge is -2.11. The maximum absolute atomic E-state index is 12.6. The molecule has 0 fully saturated rings. The summed E-state index contributed by atoms with van der Waals surface area (Å²) in [7, 11) is -3.79. The average Bonchev–Trinajstić information content (AvgIpc) is 3.46. The zero-order valence-corrected chi connectivity index (χ0v) is 18.7. The molecular formula is C22H19N5O6S. The number of aryl methyl sites for hydroxylation is 1. The molecule has 2 N–H and O–H groups in total. The van der Waals surface area contributed by atoms with Gasteiger partial charge in [0.05, 0.1) is 22.1 Å². The zero-order chi connectivity index (χ0) is 24.3. The van der Waals surface area contributed by atoms with Crippen molar-refractivity contribution in [2.24, 2.45) is 0 Å². The van der Waals surface area contributed by atoms with Crippen molar-refractivity contribution in [3.8, 4) is 0 Å². The van der Waals surface area contributed by atoms with Crippen molar-refractivity contribution in [2.75, 3.05) is 10.0 Å². The number of nitro groups is 1. The van der Waals surface area contributed by atoms with Gasteiger partial charge in [-0.3, -0.25) is 24.3 Å². The summed E-state index contributed by atoms with van der Waals surface area (Å²) in [6, 6.07) is 15.8. The van der Waals surface area contributed by atoms with Crippen LogP contribution in [0.5, 0.6) is 0 Å². The fourth-order valence-electron chi connectivity index (χ4n) is 3.08. The van der Waals surface area contributed by atoms with Gasteiger partial charge in [-0.15, -0.1) is 0 Å². The van der Waals surface area contributed by atoms with Crippen LogP contribution in [0.1, 0.15) is 21.9 Å². The number of hydrogen-bond acceptors (Lipinski definition) is 7. The molecule has 0 bridgehead atoms. The third-order valence-electron chi connectivity index (χ3n) is 4.85. The molecule has 0 saturated carbocycles. The number of anilines is 2. The summed E-state index contributed by atoms with van der Waals surface area (Å²) >= 11 is 0. The van der Waals surface area contributed by atoms with Gasteiger partial charge < -0.3 is 9.73 Å². The first kappa shape index (κ1) is 22.7. The van der Waals surface area contributed by atoms with Gasteiger partial charge in [-0.2, -0.15) is 5.10 Å². The molecule has 0 unspecified atom stereocenters. The van der Waals surface area contributed by atoms with Crippen molar-refractivity contribution >= 4 is 33.0 Å². The first-order valence-corrected chi connectivity index (χ1v) is 11.4. The number of rotatable bonds is 8. The lowest BCUT2D eigenvalue weighted by atomic mass is 10.2. The van der Waals surface area contributed by atoms with Crippen LogP contribution in [0.25, 0.3) is 0 Å². The molecule has 12 heteroatoms. The summed E-state index contributed by atoms with van der Waals surface area (Å²) in [5.41, 5.74) is 1.50. The van der Waals surface area contributed by atoms with Crippen LogP contribution < -0.4 is 10.0 Å². The average molecular weight is 481 g/mol. The van der Waals surface area contributed by atoms with Crippen LogP contribution in [0.4, 0.5) is 17.1 Å². The Morgan fingerprint density at radius 2 is 1.85 bits per heavy atom. The summed E-state index contributed by atoms with van der Waals surface area (Å²) in [4.78, 5) is 22.7. The Bertz CT molecular complexity index is 1460. The molecule has 0 saturated heterocycles. The number of amides is 1. The van der Waals surface area contributed by atoms with Crippen molar-refractivity contribution in [3.05, 3.63) is 100 Å². The number of furan rings is 1. The third kappa shape index (κ3) is 5.13. The van der Waals surface area contributed by atoms with E-state index in [-0.39, 0.29) is 22.9 Å². The fraction of sp³-hybridized carbons (Fsp3) is 0.0909. The first-order chi connectivity index (χ1) is 16.2. The molecule has 1 amide bonds. The van der Waals surface area contributed by atoms with E-state index < -0.39 is 20.9 Å². The Morgan fingerprint density at radius 1 is 1.12 bits per heavy atom. The Kier molecular flexibility index (Phi) is 6.15. The van der Waals surface area contributed by atoms with E-state index in [1.807, 2.05) is 6.07 Å². The van der Waals surface area contributed by atoms with E-state index in [4.69, 9.17) is 4.42 Å². The van der Waals surface area contributed by atoms with Crippen molar-refractivity contribution < 1.29 is 22.6 Å². The number of sulfonamides is 1. The molecule has 4 rings (SSSR count). The molecule has 2 aromatic heterocycles. The van der Waals surface area contributed by atoms with Crippen molar-refractivity contribution in [1.82, 2.24) is 9.78 Å². The number of carbonyl (C=O) groups excluding carboxylic acids is 1. The van der Waals surface area contributed by atoms with E-state index in [0.717, 1.165) is 11.8 Å². The minimum absolute atomic E-state index is 0.0228. The molecule has 0 aliphatic carbocycles. The second kappa shape index (κ2) is 9.19. The standard InChI is InChI=1S/C22H19N5O6S/c1-15-4-2-3-5-20(15)25-34(31,32)19-9-6-16(7-10-19)24-22(28)21-11-8-18(33-21)14-26-13-17(12-23-26)27(29)30/h2-13,25H,14H2,1H3,(H,24,28). The minimum atomic E-state index is -3.79. The number of para-hydroxylation sites is 1. The monoisotopic (exact) mass is 481 g/mol. The van der Waals surface area contributed by atoms with Gasteiger partial charge in [-0.25, -0.2) is 8.42 Å². The summed E-state index contributed by atoms with van der Waals surface area (Å²) in [6.07, 6.45) is 2.38. The van der Waals surface area contributed by atoms with E-state index in [0.29, 0.717) is 17.1 Å². The number of carbonyl (C=O) groups is 1. The number of hydrogen-bond donors (Lipinski definition) is 2. The van der Waals surface area contributed by atoms with Crippen LogP contribution in [-0.2, 0) is 16.6 Å². The molecule has 0 radical (unpaired) electrons. The highest BCUT2D eigenvalue weighted by atomic mass is 32.2. The largest absolute Gasteiger partial charge is 0.454 e. The van der Waals surface area contributed by atoms with E-state index in [2.05, 4.69) is 15.1 Å². The van der Waals surface area contributed by atoms with Gasteiger partial charge in [0.15, 0.2) is 5.76 Å². The molecule has 34 heavy (non-hydrogen) atoms. The predicted molar refractivity (Wildman–Crippen MR) is 123 cm³/mol. The first-order valence-electron chi connectivity index (χ1n) is 9.97. The highest BCUT2D eigenvalue weighted by molar-refractivity contribution is 7.92. The molecule has 0 atom stereocenters. The van der Waals surface area contributed by atoms with E-state index in [1.165, 1.54) is 41.2 Å².